The first-order valence-electron chi connectivity index (χ1n) is 11.4. The third-order valence-electron chi connectivity index (χ3n) is 6.26. The maximum Gasteiger partial charge on any atom is 0.253 e. The van der Waals surface area contributed by atoms with Crippen molar-refractivity contribution in [3.05, 3.63) is 77.3 Å². The Hall–Kier alpha value is -4.04. The molecule has 0 atom stereocenters. The van der Waals surface area contributed by atoms with E-state index in [2.05, 4.69) is 26.5 Å². The van der Waals surface area contributed by atoms with Crippen molar-refractivity contribution in [1.29, 1.82) is 0 Å². The van der Waals surface area contributed by atoms with Crippen LogP contribution in [0.5, 0.6) is 11.5 Å². The lowest BCUT2D eigenvalue weighted by Gasteiger charge is -2.35. The van der Waals surface area contributed by atoms with E-state index < -0.39 is 0 Å². The molecule has 0 saturated carbocycles. The van der Waals surface area contributed by atoms with Crippen molar-refractivity contribution in [3.63, 3.8) is 0 Å². The zero-order valence-corrected chi connectivity index (χ0v) is 19.5. The number of benzene rings is 3. The normalized spacial score (nSPS) is 14.9. The van der Waals surface area contributed by atoms with Crippen molar-refractivity contribution in [2.45, 2.75) is 0 Å². The molecule has 3 aromatic carbocycles. The number of ether oxygens (including phenoxy) is 2. The van der Waals surface area contributed by atoms with Crippen LogP contribution in [0.15, 0.2) is 66.7 Å². The quantitative estimate of drug-likeness (QED) is 0.446. The summed E-state index contributed by atoms with van der Waals surface area (Å²) in [6, 6.07) is 20.8. The molecule has 1 fully saturated rings. The van der Waals surface area contributed by atoms with Gasteiger partial charge in [0.2, 0.25) is 6.79 Å². The lowest BCUT2D eigenvalue weighted by atomic mass is 10.1. The van der Waals surface area contributed by atoms with Crippen LogP contribution in [0.4, 0.5) is 17.3 Å². The van der Waals surface area contributed by atoms with Crippen molar-refractivity contribution in [1.82, 2.24) is 15.1 Å². The highest BCUT2D eigenvalue weighted by atomic mass is 35.5. The second kappa shape index (κ2) is 8.96. The molecule has 9 heteroatoms. The molecule has 8 nitrogen and oxygen atoms in total. The number of carbonyl (C=O) groups is 1. The Morgan fingerprint density at radius 2 is 1.60 bits per heavy atom. The van der Waals surface area contributed by atoms with E-state index in [0.29, 0.717) is 48.3 Å². The average Bonchev–Trinajstić information content (AvgIpc) is 3.37. The van der Waals surface area contributed by atoms with Gasteiger partial charge >= 0.3 is 0 Å². The summed E-state index contributed by atoms with van der Waals surface area (Å²) in [6.45, 7) is 2.79. The monoisotopic (exact) mass is 487 g/mol. The number of hydrogen-bond donors (Lipinski definition) is 1. The molecule has 0 bridgehead atoms. The third-order valence-corrected chi connectivity index (χ3v) is 6.51. The fourth-order valence-corrected chi connectivity index (χ4v) is 4.55. The molecule has 4 aromatic rings. The standard InChI is InChI=1S/C26H22ClN5O3/c27-18-7-5-17(6-8-18)26(33)32-13-11-31(12-14-32)25-21-4-2-1-3-20(21)24(29-30-25)28-19-9-10-22-23(15-19)35-16-34-22/h1-10,15H,11-14,16H2,(H,28,29). The van der Waals surface area contributed by atoms with Gasteiger partial charge in [-0.1, -0.05) is 35.9 Å². The lowest BCUT2D eigenvalue weighted by molar-refractivity contribution is 0.0746. The van der Waals surface area contributed by atoms with Crippen LogP contribution >= 0.6 is 11.6 Å². The van der Waals surface area contributed by atoms with Gasteiger partial charge in [-0.2, -0.15) is 0 Å². The first-order valence-corrected chi connectivity index (χ1v) is 11.8. The zero-order chi connectivity index (χ0) is 23.8. The van der Waals surface area contributed by atoms with Gasteiger partial charge in [0, 0.05) is 59.3 Å². The zero-order valence-electron chi connectivity index (χ0n) is 18.8. The van der Waals surface area contributed by atoms with Crippen LogP contribution in [0.3, 0.4) is 0 Å². The highest BCUT2D eigenvalue weighted by molar-refractivity contribution is 6.30. The van der Waals surface area contributed by atoms with Crippen LogP contribution in [0.2, 0.25) is 5.02 Å². The number of aromatic nitrogens is 2. The number of amides is 1. The Labute approximate surface area is 207 Å². The summed E-state index contributed by atoms with van der Waals surface area (Å²) in [4.78, 5) is 16.9. The van der Waals surface area contributed by atoms with Gasteiger partial charge in [0.05, 0.1) is 0 Å². The molecule has 176 valence electrons. The number of nitrogens with one attached hydrogen (secondary N) is 1. The van der Waals surface area contributed by atoms with E-state index in [1.165, 1.54) is 0 Å². The summed E-state index contributed by atoms with van der Waals surface area (Å²) in [6.07, 6.45) is 0. The molecule has 2 aliphatic heterocycles. The maximum atomic E-state index is 12.9. The van der Waals surface area contributed by atoms with Crippen LogP contribution in [0.25, 0.3) is 10.8 Å². The molecule has 1 amide bonds. The lowest BCUT2D eigenvalue weighted by Crippen LogP contribution is -2.49. The Balaban J connectivity index is 1.21. The molecule has 3 heterocycles. The Kier molecular flexibility index (Phi) is 5.50. The first-order chi connectivity index (χ1) is 17.2. The van der Waals surface area contributed by atoms with Crippen molar-refractivity contribution < 1.29 is 14.3 Å². The van der Waals surface area contributed by atoms with Crippen LogP contribution in [-0.2, 0) is 0 Å². The van der Waals surface area contributed by atoms with Gasteiger partial charge < -0.3 is 24.6 Å². The van der Waals surface area contributed by atoms with Crippen molar-refractivity contribution in [3.8, 4) is 11.5 Å². The minimum absolute atomic E-state index is 0.0144. The highest BCUT2D eigenvalue weighted by Crippen LogP contribution is 2.36. The number of rotatable bonds is 4. The van der Waals surface area contributed by atoms with E-state index in [4.69, 9.17) is 21.1 Å². The number of hydrogen-bond acceptors (Lipinski definition) is 7. The molecular formula is C26H22ClN5O3. The van der Waals surface area contributed by atoms with E-state index in [-0.39, 0.29) is 12.7 Å². The molecule has 0 unspecified atom stereocenters. The fourth-order valence-electron chi connectivity index (χ4n) is 4.42. The predicted molar refractivity (Wildman–Crippen MR) is 135 cm³/mol. The molecule has 1 N–H and O–H groups in total. The molecule has 2 aliphatic rings. The molecule has 35 heavy (non-hydrogen) atoms. The first kappa shape index (κ1) is 21.5. The summed E-state index contributed by atoms with van der Waals surface area (Å²) in [5.74, 6) is 2.93. The predicted octanol–water partition coefficient (Wildman–Crippen LogP) is 4.72. The third kappa shape index (κ3) is 4.17. The van der Waals surface area contributed by atoms with Crippen molar-refractivity contribution in [2.75, 3.05) is 43.2 Å². The second-order valence-corrected chi connectivity index (χ2v) is 8.83. The molecule has 0 radical (unpaired) electrons. The van der Waals surface area contributed by atoms with Gasteiger partial charge in [-0.3, -0.25) is 4.79 Å². The number of nitrogens with zero attached hydrogens (tertiary/aromatic N) is 4. The van der Waals surface area contributed by atoms with Gasteiger partial charge in [-0.15, -0.1) is 10.2 Å². The second-order valence-electron chi connectivity index (χ2n) is 8.40. The van der Waals surface area contributed by atoms with E-state index >= 15 is 0 Å². The smallest absolute Gasteiger partial charge is 0.253 e. The number of carbonyl (C=O) groups excluding carboxylic acids is 1. The largest absolute Gasteiger partial charge is 0.454 e. The molecule has 6 rings (SSSR count). The highest BCUT2D eigenvalue weighted by Gasteiger charge is 2.25. The van der Waals surface area contributed by atoms with Gasteiger partial charge in [-0.05, 0) is 36.4 Å². The minimum atomic E-state index is 0.0144. The summed E-state index contributed by atoms with van der Waals surface area (Å²) in [5, 5.41) is 15.0. The summed E-state index contributed by atoms with van der Waals surface area (Å²) in [7, 11) is 0. The van der Waals surface area contributed by atoms with Crippen molar-refractivity contribution >= 4 is 45.6 Å². The van der Waals surface area contributed by atoms with E-state index in [1.807, 2.05) is 41.3 Å². The topological polar surface area (TPSA) is 79.8 Å². The van der Waals surface area contributed by atoms with E-state index in [9.17, 15) is 4.79 Å². The Morgan fingerprint density at radius 3 is 2.40 bits per heavy atom. The van der Waals surface area contributed by atoms with Gasteiger partial charge in [0.1, 0.15) is 0 Å². The fraction of sp³-hybridized carbons (Fsp3) is 0.192. The van der Waals surface area contributed by atoms with Crippen LogP contribution in [-0.4, -0.2) is 54.0 Å². The van der Waals surface area contributed by atoms with Crippen LogP contribution in [0.1, 0.15) is 10.4 Å². The summed E-state index contributed by atoms with van der Waals surface area (Å²) < 4.78 is 10.9. The van der Waals surface area contributed by atoms with E-state index in [1.54, 1.807) is 24.3 Å². The average molecular weight is 488 g/mol. The minimum Gasteiger partial charge on any atom is -0.454 e. The number of fused-ring (bicyclic) bond motifs is 2. The molecule has 0 spiro atoms. The van der Waals surface area contributed by atoms with Gasteiger partial charge in [0.15, 0.2) is 23.1 Å². The Bertz CT molecular complexity index is 1400. The van der Waals surface area contributed by atoms with Gasteiger partial charge in [0.25, 0.3) is 5.91 Å². The summed E-state index contributed by atoms with van der Waals surface area (Å²) in [5.41, 5.74) is 1.49. The van der Waals surface area contributed by atoms with Crippen molar-refractivity contribution in [2.24, 2.45) is 0 Å². The molecular weight excluding hydrogens is 466 g/mol. The van der Waals surface area contributed by atoms with E-state index in [0.717, 1.165) is 28.0 Å². The molecule has 0 aliphatic carbocycles. The maximum absolute atomic E-state index is 12.9. The van der Waals surface area contributed by atoms with Crippen LogP contribution < -0.4 is 19.7 Å². The van der Waals surface area contributed by atoms with Gasteiger partial charge in [-0.25, -0.2) is 0 Å². The summed E-state index contributed by atoms with van der Waals surface area (Å²) >= 11 is 5.96. The molecule has 1 aromatic heterocycles. The van der Waals surface area contributed by atoms with Crippen LogP contribution in [0, 0.1) is 0 Å². The SMILES string of the molecule is O=C(c1ccc(Cl)cc1)N1CCN(c2nnc(Nc3ccc4c(c3)OCO4)c3ccccc23)CC1. The number of piperazine rings is 1. The molecule has 1 saturated heterocycles. The number of halogens is 1. The Morgan fingerprint density at radius 1 is 0.857 bits per heavy atom. The number of anilines is 3.